The molecule has 2 saturated heterocycles. The van der Waals surface area contributed by atoms with Gasteiger partial charge in [-0.3, -0.25) is 9.59 Å². The number of hydrogen-bond acceptors (Lipinski definition) is 7. The number of hydrogen-bond donors (Lipinski definition) is 3. The summed E-state index contributed by atoms with van der Waals surface area (Å²) in [5.74, 6) is -1.26. The Morgan fingerprint density at radius 3 is 2.66 bits per heavy atom. The van der Waals surface area contributed by atoms with E-state index in [0.29, 0.717) is 19.3 Å². The number of ketones is 1. The molecular weight excluding hydrogens is 500 g/mol. The number of fused-ring (bicyclic) bond motifs is 1. The van der Waals surface area contributed by atoms with Crippen LogP contribution in [0.3, 0.4) is 0 Å². The summed E-state index contributed by atoms with van der Waals surface area (Å²) in [5.41, 5.74) is 0.351. The number of thiazole rings is 1. The van der Waals surface area contributed by atoms with E-state index < -0.39 is 23.5 Å². The lowest BCUT2D eigenvalue weighted by Crippen LogP contribution is -2.48. The Kier molecular flexibility index (Phi) is 10.1. The molecule has 2 unspecified atom stereocenters. The highest BCUT2D eigenvalue weighted by atomic mass is 32.1. The van der Waals surface area contributed by atoms with E-state index in [2.05, 4.69) is 23.8 Å². The summed E-state index contributed by atoms with van der Waals surface area (Å²) in [6, 6.07) is -0.281. The van der Waals surface area contributed by atoms with Crippen molar-refractivity contribution in [3.05, 3.63) is 34.3 Å². The minimum absolute atomic E-state index is 0.00439. The van der Waals surface area contributed by atoms with Crippen LogP contribution in [-0.2, 0) is 14.3 Å². The number of rotatable bonds is 5. The van der Waals surface area contributed by atoms with Gasteiger partial charge in [-0.15, -0.1) is 17.9 Å². The maximum absolute atomic E-state index is 13.7. The Labute approximate surface area is 231 Å². The van der Waals surface area contributed by atoms with Gasteiger partial charge in [0, 0.05) is 17.7 Å². The summed E-state index contributed by atoms with van der Waals surface area (Å²) in [5, 5.41) is 28.4. The number of carbonyl (C=O) groups is 2. The van der Waals surface area contributed by atoms with Gasteiger partial charge < -0.3 is 20.3 Å². The van der Waals surface area contributed by atoms with Crippen LogP contribution < -0.4 is 5.32 Å². The normalized spacial score (nSPS) is 35.3. The molecule has 7 atom stereocenters. The third-order valence-corrected chi connectivity index (χ3v) is 9.37. The second-order valence-corrected chi connectivity index (χ2v) is 13.2. The van der Waals surface area contributed by atoms with Gasteiger partial charge in [-0.25, -0.2) is 4.98 Å². The molecule has 2 fully saturated rings. The summed E-state index contributed by atoms with van der Waals surface area (Å²) in [6.45, 7) is 15.1. The molecule has 1 aromatic heterocycles. The van der Waals surface area contributed by atoms with Gasteiger partial charge in [0.15, 0.2) is 0 Å². The molecule has 38 heavy (non-hydrogen) atoms. The first-order valence-corrected chi connectivity index (χ1v) is 14.7. The van der Waals surface area contributed by atoms with Gasteiger partial charge in [-0.1, -0.05) is 33.3 Å². The zero-order chi connectivity index (χ0) is 28.3. The fourth-order valence-electron chi connectivity index (χ4n) is 5.58. The van der Waals surface area contributed by atoms with Crippen molar-refractivity contribution in [2.75, 3.05) is 0 Å². The highest BCUT2D eigenvalue weighted by Gasteiger charge is 2.52. The number of aliphatic hydroxyl groups is 2. The van der Waals surface area contributed by atoms with Gasteiger partial charge in [-0.2, -0.15) is 0 Å². The average Bonchev–Trinajstić information content (AvgIpc) is 3.29. The number of allylic oxidation sites excluding steroid dienone is 1. The van der Waals surface area contributed by atoms with Crippen LogP contribution in [-0.4, -0.2) is 56.8 Å². The van der Waals surface area contributed by atoms with E-state index in [1.54, 1.807) is 31.3 Å². The molecule has 0 bridgehead atoms. The molecule has 0 saturated carbocycles. The number of nitrogens with zero attached hydrogens (tertiary/aromatic N) is 1. The maximum Gasteiger partial charge on any atom is 0.223 e. The third kappa shape index (κ3) is 7.40. The van der Waals surface area contributed by atoms with Crippen molar-refractivity contribution in [3.63, 3.8) is 0 Å². The van der Waals surface area contributed by atoms with Crippen LogP contribution in [0.25, 0.3) is 6.08 Å². The van der Waals surface area contributed by atoms with Crippen LogP contribution in [0.1, 0.15) is 90.3 Å². The molecule has 1 amide bonds. The Balaban J connectivity index is 1.88. The molecule has 7 nitrogen and oxygen atoms in total. The van der Waals surface area contributed by atoms with Gasteiger partial charge >= 0.3 is 0 Å². The van der Waals surface area contributed by atoms with Crippen molar-refractivity contribution < 1.29 is 24.5 Å². The molecule has 8 heteroatoms. The molecule has 2 aliphatic rings. The molecule has 212 valence electrons. The standard InChI is InChI=1S/C30H46N2O5S/c1-8-9-12-22-27(35)18(2)11-10-13-30(7)25(37-30)15-23(19(3)14-21-17-38-20(4)31-21)32-26(34)16-24(33)29(5,6)28(22)36/h8,14,17-18,22-25,27,33,35H,1,9-13,15-16H2,2-7H3,(H,32,34)/t18-,22+,23-,24-,25?,27+,30?/m0/s1. The second-order valence-electron chi connectivity index (χ2n) is 12.1. The second kappa shape index (κ2) is 12.5. The summed E-state index contributed by atoms with van der Waals surface area (Å²) < 4.78 is 6.14. The quantitative estimate of drug-likeness (QED) is 0.354. The molecule has 3 rings (SSSR count). The summed E-state index contributed by atoms with van der Waals surface area (Å²) in [6.07, 6.45) is 5.67. The third-order valence-electron chi connectivity index (χ3n) is 8.58. The maximum atomic E-state index is 13.7. The lowest BCUT2D eigenvalue weighted by molar-refractivity contribution is -0.144. The van der Waals surface area contributed by atoms with E-state index in [1.165, 1.54) is 0 Å². The smallest absolute Gasteiger partial charge is 0.223 e. The monoisotopic (exact) mass is 546 g/mol. The predicted molar refractivity (Wildman–Crippen MR) is 152 cm³/mol. The molecule has 2 aliphatic heterocycles. The van der Waals surface area contributed by atoms with E-state index in [1.807, 2.05) is 32.2 Å². The summed E-state index contributed by atoms with van der Waals surface area (Å²) >= 11 is 1.58. The fraction of sp³-hybridized carbons (Fsp3) is 0.700. The lowest BCUT2D eigenvalue weighted by atomic mass is 9.71. The van der Waals surface area contributed by atoms with E-state index in [4.69, 9.17) is 4.74 Å². The number of epoxide rings is 1. The first-order valence-electron chi connectivity index (χ1n) is 13.9. The number of aliphatic hydroxyl groups excluding tert-OH is 2. The zero-order valence-corrected chi connectivity index (χ0v) is 24.6. The number of amides is 1. The van der Waals surface area contributed by atoms with Gasteiger partial charge in [0.2, 0.25) is 5.91 Å². The Morgan fingerprint density at radius 1 is 1.32 bits per heavy atom. The largest absolute Gasteiger partial charge is 0.392 e. The fourth-order valence-corrected chi connectivity index (χ4v) is 6.15. The predicted octanol–water partition coefficient (Wildman–Crippen LogP) is 5.00. The van der Waals surface area contributed by atoms with Crippen molar-refractivity contribution in [2.24, 2.45) is 17.3 Å². The van der Waals surface area contributed by atoms with Crippen molar-refractivity contribution in [2.45, 2.75) is 116 Å². The molecule has 0 spiro atoms. The first kappa shape index (κ1) is 30.7. The number of aryl methyl sites for hydroxylation is 1. The number of ether oxygens (including phenoxy) is 1. The molecule has 0 radical (unpaired) electrons. The van der Waals surface area contributed by atoms with Crippen LogP contribution >= 0.6 is 11.3 Å². The van der Waals surface area contributed by atoms with Gasteiger partial charge in [0.05, 0.1) is 52.5 Å². The molecule has 0 aromatic carbocycles. The van der Waals surface area contributed by atoms with Crippen molar-refractivity contribution in [1.82, 2.24) is 10.3 Å². The highest BCUT2D eigenvalue weighted by Crippen LogP contribution is 2.44. The summed E-state index contributed by atoms with van der Waals surface area (Å²) in [7, 11) is 0. The number of Topliss-reactive ketones (excluding diaryl/α,β-unsaturated/α-hetero) is 1. The Morgan fingerprint density at radius 2 is 2.03 bits per heavy atom. The van der Waals surface area contributed by atoms with Crippen molar-refractivity contribution in [3.8, 4) is 0 Å². The highest BCUT2D eigenvalue weighted by molar-refractivity contribution is 7.09. The molecule has 3 N–H and O–H groups in total. The average molecular weight is 547 g/mol. The molecule has 1 aromatic rings. The zero-order valence-electron chi connectivity index (χ0n) is 23.8. The van der Waals surface area contributed by atoms with Crippen LogP contribution in [0.15, 0.2) is 23.6 Å². The number of aromatic nitrogens is 1. The van der Waals surface area contributed by atoms with Gasteiger partial charge in [0.25, 0.3) is 0 Å². The number of carbonyl (C=O) groups excluding carboxylic acids is 2. The first-order chi connectivity index (χ1) is 17.8. The topological polar surface area (TPSA) is 112 Å². The van der Waals surface area contributed by atoms with E-state index in [0.717, 1.165) is 35.5 Å². The lowest BCUT2D eigenvalue weighted by Gasteiger charge is -2.36. The SMILES string of the molecule is C=CCC[C@H]1C(=O)C(C)(C)[C@@H](O)CC(=O)N[C@H](C(C)=Cc2csc(C)n2)CC2OC2(C)CCC[C@H](C)[C@H]1O. The Bertz CT molecular complexity index is 1030. The van der Waals surface area contributed by atoms with Crippen molar-refractivity contribution in [1.29, 1.82) is 0 Å². The Hall–Kier alpha value is -1.87. The molecule has 0 aliphatic carbocycles. The van der Waals surface area contributed by atoms with E-state index >= 15 is 0 Å². The van der Waals surface area contributed by atoms with Gasteiger partial charge in [-0.05, 0) is 64.0 Å². The van der Waals surface area contributed by atoms with Gasteiger partial charge in [0.1, 0.15) is 5.78 Å². The minimum atomic E-state index is -1.20. The van der Waals surface area contributed by atoms with Crippen LogP contribution in [0.2, 0.25) is 0 Å². The molecule has 3 heterocycles. The van der Waals surface area contributed by atoms with E-state index in [9.17, 15) is 19.8 Å². The summed E-state index contributed by atoms with van der Waals surface area (Å²) in [4.78, 5) is 31.4. The molecular formula is C30H46N2O5S. The van der Waals surface area contributed by atoms with Crippen LogP contribution in [0.5, 0.6) is 0 Å². The minimum Gasteiger partial charge on any atom is -0.392 e. The van der Waals surface area contributed by atoms with Crippen molar-refractivity contribution >= 4 is 29.1 Å². The number of nitrogens with one attached hydrogen (secondary N) is 1. The van der Waals surface area contributed by atoms with E-state index in [-0.39, 0.29) is 41.8 Å². The van der Waals surface area contributed by atoms with Crippen LogP contribution in [0, 0.1) is 24.2 Å². The van der Waals surface area contributed by atoms with Crippen LogP contribution in [0.4, 0.5) is 0 Å².